The molecule has 0 aliphatic rings. The first-order valence-corrected chi connectivity index (χ1v) is 8.40. The van der Waals surface area contributed by atoms with Crippen LogP contribution in [0.25, 0.3) is 0 Å². The standard InChI is InChI=1S/C17H15F3N2O2S/c1-10-3-2-4-11(7-10)21-14(23)8-25-9-15(24)22-13-6-5-12(18)16(19)17(13)20/h2-7H,8-9H2,1H3,(H,21,23)(H,22,24). The van der Waals surface area contributed by atoms with Crippen molar-refractivity contribution in [3.8, 4) is 0 Å². The fourth-order valence-electron chi connectivity index (χ4n) is 1.97. The summed E-state index contributed by atoms with van der Waals surface area (Å²) in [5.74, 6) is -5.49. The van der Waals surface area contributed by atoms with Crippen molar-refractivity contribution in [2.24, 2.45) is 0 Å². The molecule has 2 aromatic carbocycles. The minimum Gasteiger partial charge on any atom is -0.325 e. The van der Waals surface area contributed by atoms with E-state index in [9.17, 15) is 22.8 Å². The lowest BCUT2D eigenvalue weighted by Crippen LogP contribution is -2.19. The largest absolute Gasteiger partial charge is 0.325 e. The van der Waals surface area contributed by atoms with Crippen LogP contribution in [0.1, 0.15) is 5.56 Å². The van der Waals surface area contributed by atoms with Gasteiger partial charge in [-0.25, -0.2) is 13.2 Å². The molecule has 0 saturated heterocycles. The molecule has 25 heavy (non-hydrogen) atoms. The Kier molecular flexibility index (Phi) is 6.46. The molecule has 0 atom stereocenters. The summed E-state index contributed by atoms with van der Waals surface area (Å²) < 4.78 is 39.3. The number of hydrogen-bond donors (Lipinski definition) is 2. The fraction of sp³-hybridized carbons (Fsp3) is 0.176. The van der Waals surface area contributed by atoms with E-state index in [1.807, 2.05) is 19.1 Å². The van der Waals surface area contributed by atoms with Crippen molar-refractivity contribution in [2.75, 3.05) is 22.1 Å². The van der Waals surface area contributed by atoms with Crippen LogP contribution in [-0.4, -0.2) is 23.3 Å². The van der Waals surface area contributed by atoms with Gasteiger partial charge in [0.2, 0.25) is 11.8 Å². The molecule has 132 valence electrons. The van der Waals surface area contributed by atoms with Gasteiger partial charge in [-0.2, -0.15) is 0 Å². The number of rotatable bonds is 6. The predicted octanol–water partition coefficient (Wildman–Crippen LogP) is 3.72. The average molecular weight is 368 g/mol. The quantitative estimate of drug-likeness (QED) is 0.764. The second-order valence-electron chi connectivity index (χ2n) is 5.18. The van der Waals surface area contributed by atoms with Gasteiger partial charge in [-0.15, -0.1) is 11.8 Å². The zero-order valence-corrected chi connectivity index (χ0v) is 14.1. The van der Waals surface area contributed by atoms with Gasteiger partial charge in [-0.1, -0.05) is 12.1 Å². The molecule has 0 aliphatic heterocycles. The summed E-state index contributed by atoms with van der Waals surface area (Å²) in [6.07, 6.45) is 0. The van der Waals surface area contributed by atoms with E-state index in [1.165, 1.54) is 0 Å². The Morgan fingerprint density at radius 2 is 1.64 bits per heavy atom. The Hall–Kier alpha value is -2.48. The van der Waals surface area contributed by atoms with Gasteiger partial charge in [-0.05, 0) is 36.8 Å². The van der Waals surface area contributed by atoms with Crippen LogP contribution in [0.2, 0.25) is 0 Å². The summed E-state index contributed by atoms with van der Waals surface area (Å²) in [7, 11) is 0. The van der Waals surface area contributed by atoms with Crippen LogP contribution < -0.4 is 10.6 Å². The fourth-order valence-corrected chi connectivity index (χ4v) is 2.58. The highest BCUT2D eigenvalue weighted by atomic mass is 32.2. The van der Waals surface area contributed by atoms with Crippen molar-refractivity contribution in [2.45, 2.75) is 6.92 Å². The van der Waals surface area contributed by atoms with Crippen molar-refractivity contribution in [1.82, 2.24) is 0 Å². The maximum absolute atomic E-state index is 13.4. The highest BCUT2D eigenvalue weighted by Gasteiger charge is 2.15. The summed E-state index contributed by atoms with van der Waals surface area (Å²) in [5, 5.41) is 4.82. The molecule has 0 saturated carbocycles. The van der Waals surface area contributed by atoms with Gasteiger partial charge in [0, 0.05) is 5.69 Å². The summed E-state index contributed by atoms with van der Waals surface area (Å²) in [5.41, 5.74) is 1.20. The van der Waals surface area contributed by atoms with Crippen LogP contribution in [-0.2, 0) is 9.59 Å². The number of carbonyl (C=O) groups is 2. The van der Waals surface area contributed by atoms with E-state index in [2.05, 4.69) is 10.6 Å². The molecule has 2 N–H and O–H groups in total. The molecule has 4 nitrogen and oxygen atoms in total. The number of benzene rings is 2. The van der Waals surface area contributed by atoms with E-state index < -0.39 is 29.0 Å². The van der Waals surface area contributed by atoms with Gasteiger partial charge in [0.25, 0.3) is 0 Å². The van der Waals surface area contributed by atoms with Gasteiger partial charge >= 0.3 is 0 Å². The molecule has 0 unspecified atom stereocenters. The number of halogens is 3. The third-order valence-electron chi connectivity index (χ3n) is 3.08. The molecule has 0 aromatic heterocycles. The van der Waals surface area contributed by atoms with Crippen LogP contribution in [0, 0.1) is 24.4 Å². The van der Waals surface area contributed by atoms with Crippen LogP contribution in [0.4, 0.5) is 24.5 Å². The highest BCUT2D eigenvalue weighted by molar-refractivity contribution is 8.00. The maximum atomic E-state index is 13.4. The molecule has 8 heteroatoms. The van der Waals surface area contributed by atoms with E-state index in [1.54, 1.807) is 12.1 Å². The third-order valence-corrected chi connectivity index (χ3v) is 4.01. The molecule has 0 radical (unpaired) electrons. The lowest BCUT2D eigenvalue weighted by molar-refractivity contribution is -0.114. The monoisotopic (exact) mass is 368 g/mol. The van der Waals surface area contributed by atoms with Crippen molar-refractivity contribution in [1.29, 1.82) is 0 Å². The highest BCUT2D eigenvalue weighted by Crippen LogP contribution is 2.20. The van der Waals surface area contributed by atoms with Gasteiger partial charge < -0.3 is 10.6 Å². The summed E-state index contributed by atoms with van der Waals surface area (Å²) in [4.78, 5) is 23.5. The van der Waals surface area contributed by atoms with Crippen molar-refractivity contribution < 1.29 is 22.8 Å². The number of thioether (sulfide) groups is 1. The van der Waals surface area contributed by atoms with Gasteiger partial charge in [0.1, 0.15) is 0 Å². The van der Waals surface area contributed by atoms with Crippen molar-refractivity contribution in [3.63, 3.8) is 0 Å². The van der Waals surface area contributed by atoms with E-state index in [-0.39, 0.29) is 17.4 Å². The second kappa shape index (κ2) is 8.57. The Morgan fingerprint density at radius 1 is 0.960 bits per heavy atom. The van der Waals surface area contributed by atoms with Gasteiger partial charge in [0.15, 0.2) is 17.5 Å². The zero-order chi connectivity index (χ0) is 18.4. The Labute approximate surface area is 146 Å². The minimum atomic E-state index is -1.65. The first-order chi connectivity index (χ1) is 11.9. The van der Waals surface area contributed by atoms with Crippen molar-refractivity contribution >= 4 is 35.0 Å². The molecule has 0 spiro atoms. The van der Waals surface area contributed by atoms with E-state index in [0.717, 1.165) is 29.5 Å². The molecule has 2 aromatic rings. The minimum absolute atomic E-state index is 0.0155. The number of amides is 2. The SMILES string of the molecule is Cc1cccc(NC(=O)CSCC(=O)Nc2ccc(F)c(F)c2F)c1. The van der Waals surface area contributed by atoms with Crippen LogP contribution in [0.15, 0.2) is 36.4 Å². The van der Waals surface area contributed by atoms with E-state index in [4.69, 9.17) is 0 Å². The molecular weight excluding hydrogens is 353 g/mol. The zero-order valence-electron chi connectivity index (χ0n) is 13.2. The van der Waals surface area contributed by atoms with Crippen LogP contribution in [0.5, 0.6) is 0 Å². The number of aryl methyl sites for hydroxylation is 1. The van der Waals surface area contributed by atoms with E-state index in [0.29, 0.717) is 5.69 Å². The molecule has 0 aliphatic carbocycles. The Bertz CT molecular complexity index is 799. The second-order valence-corrected chi connectivity index (χ2v) is 6.17. The predicted molar refractivity (Wildman–Crippen MR) is 92.1 cm³/mol. The first-order valence-electron chi connectivity index (χ1n) is 7.24. The summed E-state index contributed by atoms with van der Waals surface area (Å²) in [6.45, 7) is 1.89. The Morgan fingerprint density at radius 3 is 2.32 bits per heavy atom. The van der Waals surface area contributed by atoms with Gasteiger partial charge in [-0.3, -0.25) is 9.59 Å². The summed E-state index contributed by atoms with van der Waals surface area (Å²) >= 11 is 1.01. The molecule has 2 rings (SSSR count). The molecule has 0 bridgehead atoms. The van der Waals surface area contributed by atoms with Gasteiger partial charge in [0.05, 0.1) is 17.2 Å². The Balaban J connectivity index is 1.79. The van der Waals surface area contributed by atoms with Crippen LogP contribution >= 0.6 is 11.8 Å². The number of nitrogens with one attached hydrogen (secondary N) is 2. The number of anilines is 2. The molecule has 2 amide bonds. The normalized spacial score (nSPS) is 10.4. The lowest BCUT2D eigenvalue weighted by Gasteiger charge is -2.08. The average Bonchev–Trinajstić information content (AvgIpc) is 2.55. The summed E-state index contributed by atoms with van der Waals surface area (Å²) in [6, 6.07) is 8.90. The van der Waals surface area contributed by atoms with E-state index >= 15 is 0 Å². The molecule has 0 heterocycles. The number of hydrogen-bond acceptors (Lipinski definition) is 3. The van der Waals surface area contributed by atoms with Crippen LogP contribution in [0.3, 0.4) is 0 Å². The third kappa shape index (κ3) is 5.53. The first kappa shape index (κ1) is 18.9. The lowest BCUT2D eigenvalue weighted by atomic mass is 10.2. The maximum Gasteiger partial charge on any atom is 0.234 e. The van der Waals surface area contributed by atoms with Crippen molar-refractivity contribution in [3.05, 3.63) is 59.4 Å². The number of carbonyl (C=O) groups excluding carboxylic acids is 2. The smallest absolute Gasteiger partial charge is 0.234 e. The topological polar surface area (TPSA) is 58.2 Å². The molecule has 0 fully saturated rings. The molecular formula is C17H15F3N2O2S.